The molecule has 1 aromatic carbocycles. The molecular weight excluding hydrogens is 376 g/mol. The van der Waals surface area contributed by atoms with Gasteiger partial charge in [-0.1, -0.05) is 36.9 Å². The molecule has 1 aliphatic heterocycles. The van der Waals surface area contributed by atoms with Gasteiger partial charge in [-0.05, 0) is 19.4 Å². The number of rotatable bonds is 5. The summed E-state index contributed by atoms with van der Waals surface area (Å²) in [6.45, 7) is 7.50. The zero-order chi connectivity index (χ0) is 21.3. The van der Waals surface area contributed by atoms with E-state index in [1.54, 1.807) is 31.9 Å². The van der Waals surface area contributed by atoms with Gasteiger partial charge in [0.25, 0.3) is 0 Å². The molecule has 0 aliphatic carbocycles. The first-order valence-corrected chi connectivity index (χ1v) is 9.05. The fraction of sp³-hybridized carbons (Fsp3) is 0.286. The van der Waals surface area contributed by atoms with Crippen molar-refractivity contribution in [3.8, 4) is 5.88 Å². The molecule has 2 aromatic rings. The number of esters is 2. The average Bonchev–Trinajstić information content (AvgIpc) is 3.07. The SMILES string of the molecule is C=Cc1ccccc1C1C(C(=O)OCC)=C(C)N(C)c2oc(C(=O)OC)c(O)[n+]21. The van der Waals surface area contributed by atoms with Gasteiger partial charge in [0.05, 0.1) is 20.8 Å². The van der Waals surface area contributed by atoms with Gasteiger partial charge in [-0.15, -0.1) is 4.57 Å². The van der Waals surface area contributed by atoms with Crippen LogP contribution in [0.25, 0.3) is 6.08 Å². The number of hydrogen-bond donors (Lipinski definition) is 1. The van der Waals surface area contributed by atoms with Crippen molar-refractivity contribution in [2.75, 3.05) is 25.7 Å². The van der Waals surface area contributed by atoms with Gasteiger partial charge in [-0.25, -0.2) is 9.59 Å². The molecular formula is C21H23N2O6+. The van der Waals surface area contributed by atoms with E-state index in [0.717, 1.165) is 5.56 Å². The predicted molar refractivity (Wildman–Crippen MR) is 104 cm³/mol. The molecule has 0 radical (unpaired) electrons. The van der Waals surface area contributed by atoms with E-state index in [-0.39, 0.29) is 18.4 Å². The quantitative estimate of drug-likeness (QED) is 0.610. The molecule has 29 heavy (non-hydrogen) atoms. The number of methoxy groups -OCH3 is 1. The van der Waals surface area contributed by atoms with Gasteiger partial charge < -0.3 is 19.0 Å². The van der Waals surface area contributed by atoms with Crippen molar-refractivity contribution in [1.82, 2.24) is 0 Å². The van der Waals surface area contributed by atoms with Crippen LogP contribution in [0.15, 0.2) is 46.5 Å². The molecule has 1 unspecified atom stereocenters. The number of hydrogen-bond acceptors (Lipinski definition) is 7. The smallest absolute Gasteiger partial charge is 0.465 e. The van der Waals surface area contributed by atoms with Crippen LogP contribution in [0.5, 0.6) is 5.88 Å². The molecule has 0 fully saturated rings. The van der Waals surface area contributed by atoms with Crippen LogP contribution in [0.2, 0.25) is 0 Å². The maximum Gasteiger partial charge on any atom is 0.465 e. The molecule has 0 amide bonds. The number of oxazole rings is 1. The number of fused-ring (bicyclic) bond motifs is 1. The Morgan fingerprint density at radius 1 is 1.34 bits per heavy atom. The highest BCUT2D eigenvalue weighted by atomic mass is 16.5. The largest absolute Gasteiger partial charge is 0.475 e. The predicted octanol–water partition coefficient (Wildman–Crippen LogP) is 2.58. The lowest BCUT2D eigenvalue weighted by Crippen LogP contribution is -2.50. The highest BCUT2D eigenvalue weighted by Gasteiger charge is 2.48. The second kappa shape index (κ2) is 7.83. The monoisotopic (exact) mass is 399 g/mol. The summed E-state index contributed by atoms with van der Waals surface area (Å²) >= 11 is 0. The molecule has 152 valence electrons. The molecule has 1 atom stereocenters. The van der Waals surface area contributed by atoms with Gasteiger partial charge in [0, 0.05) is 5.56 Å². The summed E-state index contributed by atoms with van der Waals surface area (Å²) < 4.78 is 17.0. The van der Waals surface area contributed by atoms with Crippen LogP contribution in [-0.2, 0) is 14.3 Å². The van der Waals surface area contributed by atoms with Crippen molar-refractivity contribution in [2.24, 2.45) is 0 Å². The van der Waals surface area contributed by atoms with Crippen LogP contribution in [0.4, 0.5) is 6.01 Å². The van der Waals surface area contributed by atoms with Crippen LogP contribution < -0.4 is 9.47 Å². The Balaban J connectivity index is 2.36. The third-order valence-electron chi connectivity index (χ3n) is 4.92. The molecule has 1 N–H and O–H groups in total. The number of benzene rings is 1. The summed E-state index contributed by atoms with van der Waals surface area (Å²) in [4.78, 5) is 26.6. The molecule has 2 heterocycles. The number of carbonyl (C=O) groups is 2. The molecule has 0 saturated carbocycles. The molecule has 3 rings (SSSR count). The molecule has 1 aromatic heterocycles. The van der Waals surface area contributed by atoms with Crippen molar-refractivity contribution < 1.29 is 33.2 Å². The second-order valence-corrected chi connectivity index (χ2v) is 6.41. The lowest BCUT2D eigenvalue weighted by Gasteiger charge is -2.27. The van der Waals surface area contributed by atoms with Crippen LogP contribution in [0.3, 0.4) is 0 Å². The number of aromatic hydroxyl groups is 1. The molecule has 0 saturated heterocycles. The van der Waals surface area contributed by atoms with Crippen LogP contribution in [0, 0.1) is 0 Å². The van der Waals surface area contributed by atoms with Crippen molar-refractivity contribution >= 4 is 24.0 Å². The van der Waals surface area contributed by atoms with E-state index in [4.69, 9.17) is 13.9 Å². The van der Waals surface area contributed by atoms with E-state index in [2.05, 4.69) is 6.58 Å². The summed E-state index contributed by atoms with van der Waals surface area (Å²) in [5.41, 5.74) is 2.33. The van der Waals surface area contributed by atoms with E-state index >= 15 is 0 Å². The summed E-state index contributed by atoms with van der Waals surface area (Å²) in [6, 6.07) is 6.71. The fourth-order valence-corrected chi connectivity index (χ4v) is 3.43. The molecule has 8 nitrogen and oxygen atoms in total. The van der Waals surface area contributed by atoms with E-state index in [1.807, 2.05) is 24.3 Å². The number of nitrogens with zero attached hydrogens (tertiary/aromatic N) is 2. The van der Waals surface area contributed by atoms with E-state index < -0.39 is 23.9 Å². The minimum atomic E-state index is -0.830. The van der Waals surface area contributed by atoms with Gasteiger partial charge in [-0.2, -0.15) is 4.90 Å². The third-order valence-corrected chi connectivity index (χ3v) is 4.92. The van der Waals surface area contributed by atoms with Gasteiger partial charge in [0.1, 0.15) is 11.3 Å². The fourth-order valence-electron chi connectivity index (χ4n) is 3.43. The van der Waals surface area contributed by atoms with E-state index in [0.29, 0.717) is 16.8 Å². The minimum Gasteiger partial charge on any atom is -0.475 e. The normalized spacial score (nSPS) is 15.7. The lowest BCUT2D eigenvalue weighted by atomic mass is 9.91. The first-order valence-electron chi connectivity index (χ1n) is 9.05. The Labute approximate surface area is 168 Å². The molecule has 0 bridgehead atoms. The Bertz CT molecular complexity index is 1020. The van der Waals surface area contributed by atoms with Crippen LogP contribution in [0.1, 0.15) is 41.6 Å². The number of anilines is 1. The Kier molecular flexibility index (Phi) is 5.45. The first kappa shape index (κ1) is 20.2. The zero-order valence-corrected chi connectivity index (χ0v) is 16.8. The zero-order valence-electron chi connectivity index (χ0n) is 16.8. The van der Waals surface area contributed by atoms with Crippen molar-refractivity contribution in [2.45, 2.75) is 19.9 Å². The summed E-state index contributed by atoms with van der Waals surface area (Å²) in [5, 5.41) is 10.8. The maximum absolute atomic E-state index is 12.9. The van der Waals surface area contributed by atoms with Crippen molar-refractivity contribution in [1.29, 1.82) is 0 Å². The molecule has 8 heteroatoms. The Morgan fingerprint density at radius 2 is 2.03 bits per heavy atom. The lowest BCUT2D eigenvalue weighted by molar-refractivity contribution is -0.701. The second-order valence-electron chi connectivity index (χ2n) is 6.41. The van der Waals surface area contributed by atoms with Crippen LogP contribution in [-0.4, -0.2) is 37.8 Å². The van der Waals surface area contributed by atoms with Gasteiger partial charge in [0.2, 0.25) is 0 Å². The maximum atomic E-state index is 12.9. The summed E-state index contributed by atoms with van der Waals surface area (Å²) in [6.07, 6.45) is 1.66. The standard InChI is InChI=1S/C21H22N2O6/c1-6-13-10-8-9-11-14(13)16-15(19(25)28-7-2)12(3)22(4)21-23(16)18(24)17(29-21)20(26)27-5/h6,8-11,16H,1,7H2,2-5H3/p+1. The first-order chi connectivity index (χ1) is 13.9. The number of carbonyl (C=O) groups excluding carboxylic acids is 2. The van der Waals surface area contributed by atoms with Gasteiger partial charge in [0.15, 0.2) is 6.04 Å². The van der Waals surface area contributed by atoms with E-state index in [9.17, 15) is 14.7 Å². The number of allylic oxidation sites excluding steroid dienone is 1. The molecule has 1 aliphatic rings. The van der Waals surface area contributed by atoms with Gasteiger partial charge >= 0.3 is 29.6 Å². The van der Waals surface area contributed by atoms with Crippen molar-refractivity contribution in [3.63, 3.8) is 0 Å². The highest BCUT2D eigenvalue weighted by molar-refractivity contribution is 5.92. The summed E-state index contributed by atoms with van der Waals surface area (Å²) in [5.74, 6) is -2.16. The van der Waals surface area contributed by atoms with Crippen LogP contribution >= 0.6 is 0 Å². The average molecular weight is 399 g/mol. The van der Waals surface area contributed by atoms with Gasteiger partial charge in [-0.3, -0.25) is 0 Å². The molecule has 0 spiro atoms. The highest BCUT2D eigenvalue weighted by Crippen LogP contribution is 2.39. The third kappa shape index (κ3) is 3.16. The number of ether oxygens (including phenoxy) is 2. The number of aromatic nitrogens is 1. The van der Waals surface area contributed by atoms with Crippen molar-refractivity contribution in [3.05, 3.63) is 59.0 Å². The summed E-state index contributed by atoms with van der Waals surface area (Å²) in [7, 11) is 2.86. The van der Waals surface area contributed by atoms with E-state index in [1.165, 1.54) is 11.7 Å². The topological polar surface area (TPSA) is 93.1 Å². The Morgan fingerprint density at radius 3 is 2.66 bits per heavy atom. The Hall–Kier alpha value is -3.55. The minimum absolute atomic E-state index is 0.178.